The number of nitro benzene ring substituents is 1. The predicted octanol–water partition coefficient (Wildman–Crippen LogP) is 3.27. The highest BCUT2D eigenvalue weighted by atomic mass is 35.5. The summed E-state index contributed by atoms with van der Waals surface area (Å²) in [6.07, 6.45) is 0.0497. The minimum absolute atomic E-state index is 0.0497. The average Bonchev–Trinajstić information content (AvgIpc) is 3.00. The number of nitrogens with zero attached hydrogens (tertiary/aromatic N) is 4. The summed E-state index contributed by atoms with van der Waals surface area (Å²) >= 11 is 6.06. The lowest BCUT2D eigenvalue weighted by atomic mass is 9.92. The zero-order valence-electron chi connectivity index (χ0n) is 17.9. The molecule has 10 nitrogen and oxygen atoms in total. The van der Waals surface area contributed by atoms with Crippen molar-refractivity contribution in [3.05, 3.63) is 68.7 Å². The molecule has 0 aromatic heterocycles. The van der Waals surface area contributed by atoms with Gasteiger partial charge in [0.1, 0.15) is 12.1 Å². The second-order valence-electron chi connectivity index (χ2n) is 7.64. The van der Waals surface area contributed by atoms with Crippen LogP contribution in [0.3, 0.4) is 0 Å². The van der Waals surface area contributed by atoms with Crippen LogP contribution < -0.4 is 10.2 Å². The lowest BCUT2D eigenvalue weighted by Gasteiger charge is -2.25. The normalized spacial score (nSPS) is 17.5. The number of carbonyl (C=O) groups is 3. The van der Waals surface area contributed by atoms with Crippen molar-refractivity contribution < 1.29 is 19.3 Å². The monoisotopic (exact) mass is 469 g/mol. The van der Waals surface area contributed by atoms with Gasteiger partial charge in [-0.05, 0) is 55.3 Å². The number of rotatable bonds is 7. The summed E-state index contributed by atoms with van der Waals surface area (Å²) in [5.41, 5.74) is -0.0819. The molecular formula is C22H20ClN5O5. The minimum atomic E-state index is -1.49. The number of carbonyl (C=O) groups excluding carboxylic acids is 3. The van der Waals surface area contributed by atoms with E-state index < -0.39 is 34.9 Å². The molecule has 1 saturated heterocycles. The number of nitrogens with one attached hydrogen (secondary N) is 1. The number of amides is 4. The first-order valence-electron chi connectivity index (χ1n) is 9.91. The number of urea groups is 1. The quantitative estimate of drug-likeness (QED) is 0.375. The molecule has 1 fully saturated rings. The second-order valence-corrected chi connectivity index (χ2v) is 8.04. The summed E-state index contributed by atoms with van der Waals surface area (Å²) in [5.74, 6) is -1.22. The van der Waals surface area contributed by atoms with Gasteiger partial charge in [-0.15, -0.1) is 0 Å². The van der Waals surface area contributed by atoms with Crippen LogP contribution in [-0.2, 0) is 15.1 Å². The number of benzene rings is 2. The second kappa shape index (κ2) is 9.26. The van der Waals surface area contributed by atoms with Crippen LogP contribution >= 0.6 is 11.6 Å². The van der Waals surface area contributed by atoms with Crippen LogP contribution in [0.1, 0.15) is 24.5 Å². The van der Waals surface area contributed by atoms with Gasteiger partial charge in [0.2, 0.25) is 5.91 Å². The van der Waals surface area contributed by atoms with Crippen molar-refractivity contribution in [1.82, 2.24) is 10.2 Å². The van der Waals surface area contributed by atoms with Crippen molar-refractivity contribution in [2.45, 2.75) is 25.8 Å². The molecule has 3 rings (SSSR count). The fourth-order valence-corrected chi connectivity index (χ4v) is 3.65. The number of imide groups is 1. The molecule has 2 aromatic rings. The van der Waals surface area contributed by atoms with E-state index in [4.69, 9.17) is 16.9 Å². The fourth-order valence-electron chi connectivity index (χ4n) is 3.53. The smallest absolute Gasteiger partial charge is 0.319 e. The van der Waals surface area contributed by atoms with Crippen molar-refractivity contribution in [2.24, 2.45) is 0 Å². The first kappa shape index (κ1) is 23.7. The molecule has 2 aromatic carbocycles. The van der Waals surface area contributed by atoms with Gasteiger partial charge in [0.05, 0.1) is 17.4 Å². The number of anilines is 1. The molecule has 11 heteroatoms. The molecule has 4 amide bonds. The zero-order chi connectivity index (χ0) is 24.3. The van der Waals surface area contributed by atoms with E-state index in [0.717, 1.165) is 10.5 Å². The van der Waals surface area contributed by atoms with E-state index in [0.29, 0.717) is 16.3 Å². The molecule has 0 radical (unpaired) electrons. The van der Waals surface area contributed by atoms with E-state index in [9.17, 15) is 24.5 Å². The maximum atomic E-state index is 13.1. The Hall–Kier alpha value is -3.97. The van der Waals surface area contributed by atoms with Crippen molar-refractivity contribution in [3.63, 3.8) is 0 Å². The van der Waals surface area contributed by atoms with Crippen LogP contribution in [0.2, 0.25) is 5.02 Å². The van der Waals surface area contributed by atoms with Gasteiger partial charge in [-0.2, -0.15) is 5.26 Å². The molecule has 0 spiro atoms. The Morgan fingerprint density at radius 3 is 2.52 bits per heavy atom. The summed E-state index contributed by atoms with van der Waals surface area (Å²) in [6.45, 7) is 2.76. The molecular weight excluding hydrogens is 450 g/mol. The maximum absolute atomic E-state index is 13.1. The molecule has 1 heterocycles. The lowest BCUT2D eigenvalue weighted by Crippen LogP contribution is -2.45. The molecule has 1 unspecified atom stereocenters. The average molecular weight is 470 g/mol. The van der Waals surface area contributed by atoms with Gasteiger partial charge in [0, 0.05) is 29.4 Å². The molecule has 1 N–H and O–H groups in total. The highest BCUT2D eigenvalue weighted by molar-refractivity contribution is 6.31. The molecule has 1 aliphatic heterocycles. The Balaban J connectivity index is 1.84. The highest BCUT2D eigenvalue weighted by Crippen LogP contribution is 2.30. The number of nitriles is 1. The van der Waals surface area contributed by atoms with E-state index in [2.05, 4.69) is 5.32 Å². The van der Waals surface area contributed by atoms with Gasteiger partial charge in [-0.3, -0.25) is 24.6 Å². The zero-order valence-corrected chi connectivity index (χ0v) is 18.6. The largest absolute Gasteiger partial charge is 0.325 e. The number of non-ortho nitro benzene ring substituents is 1. The van der Waals surface area contributed by atoms with E-state index in [1.165, 1.54) is 36.1 Å². The summed E-state index contributed by atoms with van der Waals surface area (Å²) in [5, 5.41) is 22.9. The van der Waals surface area contributed by atoms with E-state index in [1.54, 1.807) is 25.1 Å². The standard InChI is InChI=1S/C22H20ClN5O5/c1-14-12-17(8-9-18(14)23)26(11-3-10-24)19(29)13-27-20(30)22(2,25-21(27)31)15-4-6-16(7-5-15)28(32)33/h4-9,12H,3,11,13H2,1-2H3,(H,25,31). The van der Waals surface area contributed by atoms with Crippen molar-refractivity contribution >= 4 is 40.8 Å². The maximum Gasteiger partial charge on any atom is 0.325 e. The predicted molar refractivity (Wildman–Crippen MR) is 119 cm³/mol. The van der Waals surface area contributed by atoms with Crippen molar-refractivity contribution in [1.29, 1.82) is 5.26 Å². The lowest BCUT2D eigenvalue weighted by molar-refractivity contribution is -0.384. The topological polar surface area (TPSA) is 137 Å². The van der Waals surface area contributed by atoms with Crippen LogP contribution in [0.4, 0.5) is 16.2 Å². The third-order valence-electron chi connectivity index (χ3n) is 5.43. The van der Waals surface area contributed by atoms with Gasteiger partial charge in [0.15, 0.2) is 0 Å². The number of halogens is 1. The van der Waals surface area contributed by atoms with E-state index in [1.807, 2.05) is 6.07 Å². The third kappa shape index (κ3) is 4.63. The van der Waals surface area contributed by atoms with Crippen LogP contribution in [0.25, 0.3) is 0 Å². The molecule has 0 bridgehead atoms. The van der Waals surface area contributed by atoms with Gasteiger partial charge in [-0.25, -0.2) is 4.79 Å². The Morgan fingerprint density at radius 1 is 1.27 bits per heavy atom. The fraction of sp³-hybridized carbons (Fsp3) is 0.273. The Morgan fingerprint density at radius 2 is 1.94 bits per heavy atom. The van der Waals surface area contributed by atoms with Gasteiger partial charge in [-0.1, -0.05) is 11.6 Å². The minimum Gasteiger partial charge on any atom is -0.319 e. The molecule has 0 aliphatic carbocycles. The summed E-state index contributed by atoms with van der Waals surface area (Å²) in [7, 11) is 0. The van der Waals surface area contributed by atoms with Crippen LogP contribution in [0.15, 0.2) is 42.5 Å². The molecule has 33 heavy (non-hydrogen) atoms. The summed E-state index contributed by atoms with van der Waals surface area (Å²) < 4.78 is 0. The van der Waals surface area contributed by atoms with Crippen LogP contribution in [-0.4, -0.2) is 40.8 Å². The van der Waals surface area contributed by atoms with Crippen molar-refractivity contribution in [2.75, 3.05) is 18.0 Å². The molecule has 1 aliphatic rings. The number of nitro groups is 1. The molecule has 170 valence electrons. The molecule has 1 atom stereocenters. The first-order valence-corrected chi connectivity index (χ1v) is 10.3. The highest BCUT2D eigenvalue weighted by Gasteiger charge is 2.49. The summed E-state index contributed by atoms with van der Waals surface area (Å²) in [4.78, 5) is 51.3. The van der Waals surface area contributed by atoms with Gasteiger partial charge >= 0.3 is 6.03 Å². The van der Waals surface area contributed by atoms with Gasteiger partial charge < -0.3 is 10.2 Å². The first-order chi connectivity index (χ1) is 15.6. The Kier molecular flexibility index (Phi) is 6.65. The summed E-state index contributed by atoms with van der Waals surface area (Å²) in [6, 6.07) is 11.4. The Bertz CT molecular complexity index is 1180. The van der Waals surface area contributed by atoms with E-state index in [-0.39, 0.29) is 18.7 Å². The third-order valence-corrected chi connectivity index (χ3v) is 5.85. The van der Waals surface area contributed by atoms with Crippen LogP contribution in [0, 0.1) is 28.4 Å². The van der Waals surface area contributed by atoms with Gasteiger partial charge in [0.25, 0.3) is 11.6 Å². The number of hydrogen-bond acceptors (Lipinski definition) is 6. The SMILES string of the molecule is Cc1cc(N(CCC#N)C(=O)CN2C(=O)NC(C)(c3ccc([N+](=O)[O-])cc3)C2=O)ccc1Cl. The van der Waals surface area contributed by atoms with E-state index >= 15 is 0 Å². The Labute approximate surface area is 194 Å². The van der Waals surface area contributed by atoms with Crippen molar-refractivity contribution in [3.8, 4) is 6.07 Å². The molecule has 0 saturated carbocycles. The number of aryl methyl sites for hydroxylation is 1. The van der Waals surface area contributed by atoms with Crippen LogP contribution in [0.5, 0.6) is 0 Å². The number of hydrogen-bond donors (Lipinski definition) is 1.